The van der Waals surface area contributed by atoms with E-state index in [0.717, 1.165) is 0 Å². The molecule has 1 aromatic rings. The van der Waals surface area contributed by atoms with E-state index in [1.807, 2.05) is 0 Å². The van der Waals surface area contributed by atoms with Crippen LogP contribution in [0.15, 0.2) is 12.1 Å². The van der Waals surface area contributed by atoms with Gasteiger partial charge >= 0.3 is 0 Å². The van der Waals surface area contributed by atoms with Gasteiger partial charge in [0.05, 0.1) is 10.0 Å². The van der Waals surface area contributed by atoms with E-state index >= 15 is 0 Å². The van der Waals surface area contributed by atoms with E-state index in [0.29, 0.717) is 36.5 Å². The molecule has 1 aliphatic heterocycles. The molecule has 0 bridgehead atoms. The van der Waals surface area contributed by atoms with Gasteiger partial charge in [-0.3, -0.25) is 4.79 Å². The molecule has 0 unspecified atom stereocenters. The van der Waals surface area contributed by atoms with Crippen LogP contribution in [0.5, 0.6) is 5.75 Å². The van der Waals surface area contributed by atoms with Gasteiger partial charge in [0.15, 0.2) is 0 Å². The van der Waals surface area contributed by atoms with E-state index in [1.54, 1.807) is 11.0 Å². The molecule has 4 nitrogen and oxygen atoms in total. The smallest absolute Gasteiger partial charge is 0.249 e. The first-order chi connectivity index (χ1) is 11.7. The Hall–Kier alpha value is -1.11. The van der Waals surface area contributed by atoms with E-state index in [9.17, 15) is 18.7 Å². The standard InChI is InChI=1S/C17H20Cl2F2N2O2/c18-12-5-11(14(24)6-13(12)19)15(22)9-1-3-23(4-2-9)16(25)10-7-17(20,21)8-10/h5-6,9-10,15,24H,1-4,7-8,22H2/t15-/m1/s1. The minimum absolute atomic E-state index is 0.00268. The predicted molar refractivity (Wildman–Crippen MR) is 92.0 cm³/mol. The van der Waals surface area contributed by atoms with Crippen LogP contribution in [0.1, 0.15) is 37.3 Å². The van der Waals surface area contributed by atoms with Crippen LogP contribution in [-0.2, 0) is 4.79 Å². The Bertz CT molecular complexity index is 671. The average Bonchev–Trinajstić information content (AvgIpc) is 2.55. The van der Waals surface area contributed by atoms with Crippen molar-refractivity contribution in [1.82, 2.24) is 4.90 Å². The van der Waals surface area contributed by atoms with Crippen LogP contribution in [0.4, 0.5) is 8.78 Å². The van der Waals surface area contributed by atoms with Crippen LogP contribution in [0, 0.1) is 11.8 Å². The fourth-order valence-electron chi connectivity index (χ4n) is 3.65. The number of aromatic hydroxyl groups is 1. The first-order valence-electron chi connectivity index (χ1n) is 8.28. The molecule has 1 aliphatic carbocycles. The fraction of sp³-hybridized carbons (Fsp3) is 0.588. The molecule has 1 amide bonds. The number of hydrogen-bond donors (Lipinski definition) is 2. The number of nitrogens with two attached hydrogens (primary N) is 1. The molecule has 1 heterocycles. The number of halogens is 4. The van der Waals surface area contributed by atoms with Crippen molar-refractivity contribution in [2.24, 2.45) is 17.6 Å². The van der Waals surface area contributed by atoms with Crippen molar-refractivity contribution in [3.8, 4) is 5.75 Å². The zero-order valence-corrected chi connectivity index (χ0v) is 15.0. The van der Waals surface area contributed by atoms with Crippen LogP contribution in [0.3, 0.4) is 0 Å². The summed E-state index contributed by atoms with van der Waals surface area (Å²) in [5.41, 5.74) is 6.81. The van der Waals surface area contributed by atoms with Crippen molar-refractivity contribution in [1.29, 1.82) is 0 Å². The molecule has 0 radical (unpaired) electrons. The summed E-state index contributed by atoms with van der Waals surface area (Å²) in [6, 6.07) is 2.51. The number of nitrogens with zero attached hydrogens (tertiary/aromatic N) is 1. The van der Waals surface area contributed by atoms with Crippen molar-refractivity contribution < 1.29 is 18.7 Å². The minimum atomic E-state index is -2.69. The maximum absolute atomic E-state index is 12.9. The summed E-state index contributed by atoms with van der Waals surface area (Å²) >= 11 is 11.9. The zero-order valence-electron chi connectivity index (χ0n) is 13.5. The van der Waals surface area contributed by atoms with Crippen molar-refractivity contribution in [3.05, 3.63) is 27.7 Å². The summed E-state index contributed by atoms with van der Waals surface area (Å²) in [5.74, 6) is -3.37. The van der Waals surface area contributed by atoms with E-state index in [-0.39, 0.29) is 35.4 Å². The lowest BCUT2D eigenvalue weighted by atomic mass is 9.79. The second kappa shape index (κ2) is 6.89. The molecule has 2 fully saturated rings. The third-order valence-corrected chi connectivity index (χ3v) is 5.95. The van der Waals surface area contributed by atoms with Gasteiger partial charge in [0.2, 0.25) is 11.8 Å². The topological polar surface area (TPSA) is 66.6 Å². The summed E-state index contributed by atoms with van der Waals surface area (Å²) in [6.07, 6.45) is 0.607. The third-order valence-electron chi connectivity index (χ3n) is 5.23. The molecule has 1 saturated heterocycles. The molecule has 0 spiro atoms. The van der Waals surface area contributed by atoms with Gasteiger partial charge in [-0.2, -0.15) is 0 Å². The molecule has 0 aromatic heterocycles. The van der Waals surface area contributed by atoms with Gasteiger partial charge in [-0.1, -0.05) is 23.2 Å². The number of carbonyl (C=O) groups is 1. The predicted octanol–water partition coefficient (Wildman–Crippen LogP) is 3.98. The largest absolute Gasteiger partial charge is 0.508 e. The minimum Gasteiger partial charge on any atom is -0.508 e. The van der Waals surface area contributed by atoms with E-state index < -0.39 is 17.9 Å². The lowest BCUT2D eigenvalue weighted by Gasteiger charge is -2.40. The van der Waals surface area contributed by atoms with Crippen molar-refractivity contribution in [2.45, 2.75) is 37.6 Å². The Labute approximate surface area is 154 Å². The summed E-state index contributed by atoms with van der Waals surface area (Å²) < 4.78 is 25.9. The number of likely N-dealkylation sites (tertiary alicyclic amines) is 1. The number of phenolic OH excluding ortho intramolecular Hbond substituents is 1. The molecular weight excluding hydrogens is 373 g/mol. The van der Waals surface area contributed by atoms with Crippen LogP contribution in [0.25, 0.3) is 0 Å². The second-order valence-corrected chi connectivity index (χ2v) is 7.79. The van der Waals surface area contributed by atoms with Crippen LogP contribution in [0.2, 0.25) is 10.0 Å². The fourth-order valence-corrected chi connectivity index (χ4v) is 3.98. The summed E-state index contributed by atoms with van der Waals surface area (Å²) in [5, 5.41) is 10.6. The summed E-state index contributed by atoms with van der Waals surface area (Å²) in [7, 11) is 0. The van der Waals surface area contributed by atoms with Gasteiger partial charge in [-0.05, 0) is 24.8 Å². The van der Waals surface area contributed by atoms with E-state index in [2.05, 4.69) is 0 Å². The number of phenols is 1. The van der Waals surface area contributed by atoms with Gasteiger partial charge in [0, 0.05) is 49.5 Å². The molecule has 1 atom stereocenters. The number of rotatable bonds is 3. The lowest BCUT2D eigenvalue weighted by Crippen LogP contribution is -2.49. The molecule has 138 valence electrons. The molecule has 1 aromatic carbocycles. The van der Waals surface area contributed by atoms with Gasteiger partial charge in [-0.25, -0.2) is 8.78 Å². The molecule has 1 saturated carbocycles. The number of piperidine rings is 1. The number of alkyl halides is 2. The Morgan fingerprint density at radius 2 is 1.80 bits per heavy atom. The van der Waals surface area contributed by atoms with Crippen LogP contribution in [-0.4, -0.2) is 34.9 Å². The Morgan fingerprint density at radius 3 is 2.36 bits per heavy atom. The molecule has 3 N–H and O–H groups in total. The number of amides is 1. The van der Waals surface area contributed by atoms with Gasteiger partial charge in [0.1, 0.15) is 5.75 Å². The number of benzene rings is 1. The van der Waals surface area contributed by atoms with Crippen LogP contribution < -0.4 is 5.73 Å². The molecule has 2 aliphatic rings. The highest BCUT2D eigenvalue weighted by Gasteiger charge is 2.50. The molecule has 3 rings (SSSR count). The lowest BCUT2D eigenvalue weighted by molar-refractivity contribution is -0.161. The van der Waals surface area contributed by atoms with E-state index in [1.165, 1.54) is 6.07 Å². The summed E-state index contributed by atoms with van der Waals surface area (Å²) in [6.45, 7) is 0.975. The van der Waals surface area contributed by atoms with Gasteiger partial charge < -0.3 is 15.7 Å². The summed E-state index contributed by atoms with van der Waals surface area (Å²) in [4.78, 5) is 13.9. The van der Waals surface area contributed by atoms with Crippen molar-refractivity contribution in [2.75, 3.05) is 13.1 Å². The highest BCUT2D eigenvalue weighted by molar-refractivity contribution is 6.42. The average molecular weight is 393 g/mol. The highest BCUT2D eigenvalue weighted by atomic mass is 35.5. The van der Waals surface area contributed by atoms with E-state index in [4.69, 9.17) is 28.9 Å². The highest BCUT2D eigenvalue weighted by Crippen LogP contribution is 2.44. The quantitative estimate of drug-likeness (QED) is 0.817. The Morgan fingerprint density at radius 1 is 1.24 bits per heavy atom. The normalized spacial score (nSPS) is 22.5. The molecular formula is C17H20Cl2F2N2O2. The third kappa shape index (κ3) is 3.86. The Kier molecular flexibility index (Phi) is 5.15. The number of carbonyl (C=O) groups excluding carboxylic acids is 1. The van der Waals surface area contributed by atoms with Crippen molar-refractivity contribution >= 4 is 29.1 Å². The maximum atomic E-state index is 12.9. The Balaban J connectivity index is 1.59. The second-order valence-electron chi connectivity index (χ2n) is 6.97. The SMILES string of the molecule is N[C@@H](c1cc(Cl)c(Cl)cc1O)C1CCN(C(=O)C2CC(F)(F)C2)CC1. The first-order valence-corrected chi connectivity index (χ1v) is 9.03. The maximum Gasteiger partial charge on any atom is 0.249 e. The van der Waals surface area contributed by atoms with Crippen LogP contribution >= 0.6 is 23.2 Å². The first kappa shape index (κ1) is 18.7. The van der Waals surface area contributed by atoms with Gasteiger partial charge in [-0.15, -0.1) is 0 Å². The molecule has 25 heavy (non-hydrogen) atoms. The number of hydrogen-bond acceptors (Lipinski definition) is 3. The van der Waals surface area contributed by atoms with Crippen molar-refractivity contribution in [3.63, 3.8) is 0 Å². The zero-order chi connectivity index (χ0) is 18.4. The molecule has 8 heteroatoms. The monoisotopic (exact) mass is 392 g/mol. The van der Waals surface area contributed by atoms with Gasteiger partial charge in [0.25, 0.3) is 0 Å².